The Morgan fingerprint density at radius 3 is 2.27 bits per heavy atom. The van der Waals surface area contributed by atoms with Crippen LogP contribution in [0.4, 0.5) is 0 Å². The summed E-state index contributed by atoms with van der Waals surface area (Å²) in [6, 6.07) is 0. The molecule has 0 radical (unpaired) electrons. The third-order valence-electron chi connectivity index (χ3n) is 2.79. The van der Waals surface area contributed by atoms with Crippen LogP contribution >= 0.6 is 0 Å². The van der Waals surface area contributed by atoms with Crippen molar-refractivity contribution in [2.75, 3.05) is 12.4 Å². The summed E-state index contributed by atoms with van der Waals surface area (Å²) in [5.41, 5.74) is 3.15. The molecule has 0 bridgehead atoms. The quantitative estimate of drug-likeness (QED) is 0.245. The molecular formula is C10H24AsNO9S. The molecule has 0 aromatic heterocycles. The number of rotatable bonds is 7. The Morgan fingerprint density at radius 2 is 1.82 bits per heavy atom. The van der Waals surface area contributed by atoms with Crippen LogP contribution in [0.15, 0.2) is 0 Å². The molecule has 0 saturated carbocycles. The molecule has 1 aliphatic heterocycles. The van der Waals surface area contributed by atoms with E-state index in [-0.39, 0.29) is 11.4 Å². The van der Waals surface area contributed by atoms with Gasteiger partial charge >= 0.3 is 125 Å². The van der Waals surface area contributed by atoms with Gasteiger partial charge in [0.1, 0.15) is 0 Å². The number of aliphatic hydroxyl groups is 3. The van der Waals surface area contributed by atoms with Crippen molar-refractivity contribution < 1.29 is 41.5 Å². The zero-order chi connectivity index (χ0) is 16.4. The molecule has 0 spiro atoms. The van der Waals surface area contributed by atoms with Crippen molar-refractivity contribution in [2.45, 2.75) is 47.3 Å². The van der Waals surface area contributed by atoms with Gasteiger partial charge in [-0.3, -0.25) is 0 Å². The average Bonchev–Trinajstić information content (AvgIpc) is 2.50. The Balaban J connectivity index is 0.00000441. The molecule has 10 nitrogen and oxygen atoms in total. The predicted octanol–water partition coefficient (Wildman–Crippen LogP) is -1.50. The average molecular weight is 409 g/mol. The molecule has 1 saturated heterocycles. The largest absolute Gasteiger partial charge is 0.344 e. The number of aliphatic hydroxyl groups excluding tert-OH is 3. The minimum absolute atomic E-state index is 0. The third-order valence-corrected chi connectivity index (χ3v) is 6.20. The van der Waals surface area contributed by atoms with Crippen molar-refractivity contribution in [1.29, 1.82) is 0 Å². The molecule has 7 N–H and O–H groups in total. The van der Waals surface area contributed by atoms with E-state index in [0.29, 0.717) is 0 Å². The Morgan fingerprint density at radius 1 is 1.27 bits per heavy atom. The second-order valence-corrected chi connectivity index (χ2v) is 14.4. The van der Waals surface area contributed by atoms with Crippen LogP contribution in [-0.2, 0) is 23.3 Å². The van der Waals surface area contributed by atoms with E-state index in [0.717, 1.165) is 0 Å². The van der Waals surface area contributed by atoms with E-state index in [1.54, 1.807) is 11.4 Å². The summed E-state index contributed by atoms with van der Waals surface area (Å²) in [6.07, 6.45) is -6.27. The summed E-state index contributed by atoms with van der Waals surface area (Å²) < 4.78 is 51.7. The van der Waals surface area contributed by atoms with Gasteiger partial charge in [-0.05, 0) is 0 Å². The van der Waals surface area contributed by atoms with E-state index in [4.69, 9.17) is 14.0 Å². The van der Waals surface area contributed by atoms with Crippen molar-refractivity contribution in [2.24, 2.45) is 0 Å². The van der Waals surface area contributed by atoms with E-state index in [2.05, 4.69) is 0 Å². The van der Waals surface area contributed by atoms with E-state index < -0.39 is 66.7 Å². The fourth-order valence-corrected chi connectivity index (χ4v) is 4.97. The summed E-state index contributed by atoms with van der Waals surface area (Å²) in [5.74, 6) is -0.913. The predicted molar refractivity (Wildman–Crippen MR) is 77.0 cm³/mol. The fraction of sp³-hybridized carbons (Fsp3) is 1.00. The Hall–Kier alpha value is 0.0284. The second kappa shape index (κ2) is 8.22. The van der Waals surface area contributed by atoms with Gasteiger partial charge < -0.3 is 6.15 Å². The van der Waals surface area contributed by atoms with Crippen molar-refractivity contribution in [3.63, 3.8) is 0 Å². The standard InChI is InChI=1S/C10H21AsO9S.H3N/c1-11(2,15)3-7-8(13)9(14)10(20-7)19-4-6(12)5-21(16,17)18;/h6-10,12-14H,3-5H2,1-2H3,(H,16,17,18);1H3/t6-,7+,8+,9+,10+;/m0./s1. The Labute approximate surface area is 131 Å². The minimum atomic E-state index is -4.35. The first-order chi connectivity index (χ1) is 9.39. The van der Waals surface area contributed by atoms with Gasteiger partial charge in [-0.15, -0.1) is 0 Å². The molecule has 134 valence electrons. The van der Waals surface area contributed by atoms with Crippen LogP contribution in [0.2, 0.25) is 16.6 Å². The van der Waals surface area contributed by atoms with Gasteiger partial charge in [-0.1, -0.05) is 0 Å². The molecule has 0 aromatic carbocycles. The summed E-state index contributed by atoms with van der Waals surface area (Å²) in [5, 5.41) is 29.0. The van der Waals surface area contributed by atoms with E-state index >= 15 is 0 Å². The van der Waals surface area contributed by atoms with Crippen LogP contribution in [-0.4, -0.2) is 84.8 Å². The monoisotopic (exact) mass is 409 g/mol. The van der Waals surface area contributed by atoms with Gasteiger partial charge in [-0.2, -0.15) is 0 Å². The minimum Gasteiger partial charge on any atom is -0.344 e. The third kappa shape index (κ3) is 7.53. The van der Waals surface area contributed by atoms with Crippen LogP contribution < -0.4 is 6.15 Å². The van der Waals surface area contributed by atoms with Crippen molar-refractivity contribution in [3.05, 3.63) is 0 Å². The van der Waals surface area contributed by atoms with Crippen molar-refractivity contribution in [3.8, 4) is 0 Å². The zero-order valence-electron chi connectivity index (χ0n) is 12.4. The maximum atomic E-state index is 11.8. The molecule has 12 heteroatoms. The summed E-state index contributed by atoms with van der Waals surface area (Å²) in [4.78, 5) is 0. The van der Waals surface area contributed by atoms with Gasteiger partial charge in [-0.25, -0.2) is 0 Å². The van der Waals surface area contributed by atoms with Crippen LogP contribution in [0, 0.1) is 0 Å². The Kier molecular flexibility index (Phi) is 8.23. The van der Waals surface area contributed by atoms with Gasteiger partial charge in [0.2, 0.25) is 0 Å². The topological polar surface area (TPSA) is 186 Å². The molecule has 0 aliphatic carbocycles. The van der Waals surface area contributed by atoms with Crippen LogP contribution in [0.3, 0.4) is 0 Å². The van der Waals surface area contributed by atoms with Gasteiger partial charge in [0.25, 0.3) is 0 Å². The van der Waals surface area contributed by atoms with Crippen LogP contribution in [0.5, 0.6) is 0 Å². The molecule has 1 aliphatic rings. The molecule has 0 aromatic rings. The first-order valence-corrected chi connectivity index (χ1v) is 13.6. The summed E-state index contributed by atoms with van der Waals surface area (Å²) in [7, 11) is -4.35. The molecule has 5 atom stereocenters. The number of ether oxygens (including phenoxy) is 2. The Bertz CT molecular complexity index is 493. The summed E-state index contributed by atoms with van der Waals surface area (Å²) >= 11 is -3.09. The second-order valence-electron chi connectivity index (χ2n) is 5.52. The zero-order valence-corrected chi connectivity index (χ0v) is 15.1. The number of hydrogen-bond acceptors (Lipinski definition) is 9. The smallest absolute Gasteiger partial charge is 0.344 e. The fourth-order valence-electron chi connectivity index (χ4n) is 1.93. The molecular weight excluding hydrogens is 385 g/mol. The van der Waals surface area contributed by atoms with Crippen LogP contribution in [0.25, 0.3) is 0 Å². The van der Waals surface area contributed by atoms with E-state index in [1.165, 1.54) is 0 Å². The molecule has 1 fully saturated rings. The van der Waals surface area contributed by atoms with Gasteiger partial charge in [0.15, 0.2) is 0 Å². The van der Waals surface area contributed by atoms with Gasteiger partial charge in [0.05, 0.1) is 0 Å². The first-order valence-electron chi connectivity index (χ1n) is 6.19. The molecule has 1 heterocycles. The SMILES string of the molecule is C[As](C)(=O)C[C@H]1O[C@@H](OC[C@H](O)CS(=O)(=O)O)[C@H](O)[C@@H]1O.N. The van der Waals surface area contributed by atoms with Crippen molar-refractivity contribution >= 4 is 23.6 Å². The molecule has 0 unspecified atom stereocenters. The normalized spacial score (nSPS) is 30.8. The molecule has 1 rings (SSSR count). The van der Waals surface area contributed by atoms with Gasteiger partial charge in [0, 0.05) is 0 Å². The van der Waals surface area contributed by atoms with E-state index in [1.807, 2.05) is 0 Å². The maximum Gasteiger partial charge on any atom is -0.344 e. The first kappa shape index (κ1) is 22.0. The summed E-state index contributed by atoms with van der Waals surface area (Å²) in [6.45, 7) is -0.512. The van der Waals surface area contributed by atoms with E-state index in [9.17, 15) is 27.5 Å². The van der Waals surface area contributed by atoms with Crippen LogP contribution in [0.1, 0.15) is 0 Å². The molecule has 0 amide bonds. The van der Waals surface area contributed by atoms with Crippen molar-refractivity contribution in [1.82, 2.24) is 6.15 Å². The maximum absolute atomic E-state index is 11.8. The molecule has 22 heavy (non-hydrogen) atoms. The number of hydrogen-bond donors (Lipinski definition) is 5.